The standard InChI is InChI=1S/C16H26NO/c17-11-15-7-3-13(4-8-15)1-2-14-5-9-16(12-18)10-6-14/h1,13-16,18H,2-10,12H2. The van der Waals surface area contributed by atoms with Gasteiger partial charge in [-0.15, -0.1) is 0 Å². The molecule has 2 aliphatic rings. The van der Waals surface area contributed by atoms with Gasteiger partial charge in [0, 0.05) is 12.5 Å². The highest BCUT2D eigenvalue weighted by molar-refractivity contribution is 4.91. The summed E-state index contributed by atoms with van der Waals surface area (Å²) in [6.07, 6.45) is 13.5. The summed E-state index contributed by atoms with van der Waals surface area (Å²) >= 11 is 0. The molecule has 0 heterocycles. The van der Waals surface area contributed by atoms with Gasteiger partial charge < -0.3 is 5.11 Å². The van der Waals surface area contributed by atoms with Gasteiger partial charge in [0.1, 0.15) is 0 Å². The number of nitrogens with zero attached hydrogens (tertiary/aromatic N) is 1. The molecule has 101 valence electrons. The molecular weight excluding hydrogens is 222 g/mol. The lowest BCUT2D eigenvalue weighted by molar-refractivity contribution is 0.165. The molecular formula is C16H26NO. The first-order valence-electron chi connectivity index (χ1n) is 7.65. The zero-order valence-electron chi connectivity index (χ0n) is 11.4. The van der Waals surface area contributed by atoms with E-state index in [1.165, 1.54) is 44.9 Å². The van der Waals surface area contributed by atoms with E-state index < -0.39 is 0 Å². The summed E-state index contributed by atoms with van der Waals surface area (Å²) in [6.45, 7) is 0.384. The van der Waals surface area contributed by atoms with Crippen LogP contribution in [0.15, 0.2) is 0 Å². The lowest BCUT2D eigenvalue weighted by Gasteiger charge is -2.30. The van der Waals surface area contributed by atoms with Gasteiger partial charge in [-0.1, -0.05) is 12.8 Å². The summed E-state index contributed by atoms with van der Waals surface area (Å²) in [6, 6.07) is 2.40. The monoisotopic (exact) mass is 248 g/mol. The molecule has 0 saturated heterocycles. The summed E-state index contributed by atoms with van der Waals surface area (Å²) < 4.78 is 0. The van der Waals surface area contributed by atoms with Gasteiger partial charge in [0.2, 0.25) is 0 Å². The molecule has 2 aliphatic carbocycles. The van der Waals surface area contributed by atoms with Gasteiger partial charge in [-0.3, -0.25) is 0 Å². The SMILES string of the molecule is N#CC1CCC([CH]CC2CCC(CO)CC2)CC1. The molecule has 2 heteroatoms. The number of aliphatic hydroxyl groups is 1. The average molecular weight is 248 g/mol. The number of rotatable bonds is 4. The fourth-order valence-electron chi connectivity index (χ4n) is 3.52. The summed E-state index contributed by atoms with van der Waals surface area (Å²) in [7, 11) is 0. The first kappa shape index (κ1) is 13.9. The third-order valence-corrected chi connectivity index (χ3v) is 4.98. The summed E-state index contributed by atoms with van der Waals surface area (Å²) in [5.74, 6) is 2.54. The van der Waals surface area contributed by atoms with Crippen molar-refractivity contribution in [3.05, 3.63) is 6.42 Å². The number of hydrogen-bond donors (Lipinski definition) is 1. The number of nitriles is 1. The quantitative estimate of drug-likeness (QED) is 0.824. The Balaban J connectivity index is 1.60. The van der Waals surface area contributed by atoms with Crippen LogP contribution in [0.2, 0.25) is 0 Å². The predicted octanol–water partition coefficient (Wildman–Crippen LogP) is 3.71. The first-order valence-corrected chi connectivity index (χ1v) is 7.65. The lowest BCUT2D eigenvalue weighted by atomic mass is 9.76. The molecule has 1 N–H and O–H groups in total. The Hall–Kier alpha value is -0.550. The minimum absolute atomic E-state index is 0.328. The molecule has 0 amide bonds. The van der Waals surface area contributed by atoms with Gasteiger partial charge in [-0.05, 0) is 69.1 Å². The van der Waals surface area contributed by atoms with Crippen LogP contribution in [0.25, 0.3) is 0 Å². The molecule has 0 aromatic heterocycles. The average Bonchev–Trinajstić information content (AvgIpc) is 2.46. The molecule has 0 unspecified atom stereocenters. The fraction of sp³-hybridized carbons (Fsp3) is 0.875. The molecule has 0 bridgehead atoms. The molecule has 0 aliphatic heterocycles. The predicted molar refractivity (Wildman–Crippen MR) is 72.5 cm³/mol. The number of aliphatic hydroxyl groups excluding tert-OH is 1. The van der Waals surface area contributed by atoms with Crippen molar-refractivity contribution < 1.29 is 5.11 Å². The first-order chi connectivity index (χ1) is 8.81. The van der Waals surface area contributed by atoms with E-state index in [9.17, 15) is 0 Å². The highest BCUT2D eigenvalue weighted by Crippen LogP contribution is 2.35. The Morgan fingerprint density at radius 2 is 1.56 bits per heavy atom. The molecule has 1 radical (unpaired) electrons. The van der Waals surface area contributed by atoms with Gasteiger partial charge in [0.25, 0.3) is 0 Å². The summed E-state index contributed by atoms with van der Waals surface area (Å²) in [5, 5.41) is 18.0. The van der Waals surface area contributed by atoms with Crippen molar-refractivity contribution in [3.8, 4) is 6.07 Å². The molecule has 2 saturated carbocycles. The second-order valence-electron chi connectivity index (χ2n) is 6.28. The van der Waals surface area contributed by atoms with E-state index in [1.54, 1.807) is 0 Å². The Bertz CT molecular complexity index is 267. The second-order valence-corrected chi connectivity index (χ2v) is 6.28. The summed E-state index contributed by atoms with van der Waals surface area (Å²) in [4.78, 5) is 0. The zero-order valence-corrected chi connectivity index (χ0v) is 11.4. The highest BCUT2D eigenvalue weighted by atomic mass is 16.3. The van der Waals surface area contributed by atoms with E-state index in [1.807, 2.05) is 0 Å². The maximum absolute atomic E-state index is 9.13. The van der Waals surface area contributed by atoms with Crippen LogP contribution < -0.4 is 0 Å². The van der Waals surface area contributed by atoms with Crippen LogP contribution in [0.3, 0.4) is 0 Å². The minimum Gasteiger partial charge on any atom is -0.396 e. The van der Waals surface area contributed by atoms with E-state index in [0.717, 1.165) is 24.7 Å². The van der Waals surface area contributed by atoms with Crippen molar-refractivity contribution in [2.24, 2.45) is 23.7 Å². The Morgan fingerprint density at radius 3 is 2.11 bits per heavy atom. The van der Waals surface area contributed by atoms with E-state index in [4.69, 9.17) is 10.4 Å². The maximum Gasteiger partial charge on any atom is 0.0655 e. The highest BCUT2D eigenvalue weighted by Gasteiger charge is 2.24. The molecule has 18 heavy (non-hydrogen) atoms. The fourth-order valence-corrected chi connectivity index (χ4v) is 3.52. The van der Waals surface area contributed by atoms with Crippen LogP contribution in [0.1, 0.15) is 57.8 Å². The van der Waals surface area contributed by atoms with Crippen molar-refractivity contribution in [3.63, 3.8) is 0 Å². The smallest absolute Gasteiger partial charge is 0.0655 e. The maximum atomic E-state index is 9.13. The molecule has 0 aromatic rings. The van der Waals surface area contributed by atoms with Crippen LogP contribution >= 0.6 is 0 Å². The largest absolute Gasteiger partial charge is 0.396 e. The topological polar surface area (TPSA) is 44.0 Å². The van der Waals surface area contributed by atoms with Gasteiger partial charge >= 0.3 is 0 Å². The Morgan fingerprint density at radius 1 is 0.944 bits per heavy atom. The van der Waals surface area contributed by atoms with E-state index in [-0.39, 0.29) is 0 Å². The molecule has 2 fully saturated rings. The second kappa shape index (κ2) is 7.14. The van der Waals surface area contributed by atoms with Gasteiger partial charge in [-0.2, -0.15) is 5.26 Å². The Kier molecular flexibility index (Phi) is 5.50. The van der Waals surface area contributed by atoms with Crippen molar-refractivity contribution in [2.75, 3.05) is 6.61 Å². The minimum atomic E-state index is 0.328. The van der Waals surface area contributed by atoms with Crippen LogP contribution in [-0.4, -0.2) is 11.7 Å². The third kappa shape index (κ3) is 3.99. The van der Waals surface area contributed by atoms with Crippen molar-refractivity contribution in [2.45, 2.75) is 57.8 Å². The van der Waals surface area contributed by atoms with E-state index in [2.05, 4.69) is 12.5 Å². The normalized spacial score (nSPS) is 37.1. The molecule has 0 spiro atoms. The third-order valence-electron chi connectivity index (χ3n) is 4.98. The lowest BCUT2D eigenvalue weighted by Crippen LogP contribution is -2.19. The van der Waals surface area contributed by atoms with E-state index in [0.29, 0.717) is 18.4 Å². The van der Waals surface area contributed by atoms with Crippen molar-refractivity contribution >= 4 is 0 Å². The van der Waals surface area contributed by atoms with Crippen molar-refractivity contribution in [1.29, 1.82) is 5.26 Å². The summed E-state index contributed by atoms with van der Waals surface area (Å²) in [5.41, 5.74) is 0. The van der Waals surface area contributed by atoms with Gasteiger partial charge in [-0.25, -0.2) is 0 Å². The van der Waals surface area contributed by atoms with Crippen LogP contribution in [0, 0.1) is 41.4 Å². The molecule has 0 aromatic carbocycles. The molecule has 0 atom stereocenters. The Labute approximate surface area is 111 Å². The van der Waals surface area contributed by atoms with Gasteiger partial charge in [0.05, 0.1) is 6.07 Å². The number of hydrogen-bond acceptors (Lipinski definition) is 2. The van der Waals surface area contributed by atoms with Crippen molar-refractivity contribution in [1.82, 2.24) is 0 Å². The van der Waals surface area contributed by atoms with Gasteiger partial charge in [0.15, 0.2) is 0 Å². The van der Waals surface area contributed by atoms with E-state index >= 15 is 0 Å². The van der Waals surface area contributed by atoms with Crippen LogP contribution in [0.5, 0.6) is 0 Å². The van der Waals surface area contributed by atoms with Crippen LogP contribution in [-0.2, 0) is 0 Å². The zero-order chi connectivity index (χ0) is 12.8. The molecule has 2 nitrogen and oxygen atoms in total. The molecule has 2 rings (SSSR count). The van der Waals surface area contributed by atoms with Crippen LogP contribution in [0.4, 0.5) is 0 Å².